The molecular formula is C16H28N2O5. The van der Waals surface area contributed by atoms with E-state index in [1.807, 2.05) is 4.90 Å². The number of amides is 2. The van der Waals surface area contributed by atoms with Gasteiger partial charge >= 0.3 is 0 Å². The number of carbonyl (C=O) groups is 2. The molecule has 7 heteroatoms. The molecule has 0 radical (unpaired) electrons. The first-order chi connectivity index (χ1) is 11.1. The molecule has 132 valence electrons. The third kappa shape index (κ3) is 5.44. The first-order valence-electron chi connectivity index (χ1n) is 8.46. The Hall–Kier alpha value is -1.18. The molecule has 2 fully saturated rings. The molecular weight excluding hydrogens is 300 g/mol. The van der Waals surface area contributed by atoms with Crippen molar-refractivity contribution in [2.45, 2.75) is 56.8 Å². The molecule has 0 spiro atoms. The number of aliphatic hydroxyl groups is 1. The number of hydrogen-bond acceptors (Lipinski definition) is 5. The summed E-state index contributed by atoms with van der Waals surface area (Å²) in [5, 5.41) is 12.3. The first kappa shape index (κ1) is 18.2. The molecule has 2 heterocycles. The van der Waals surface area contributed by atoms with Crippen LogP contribution in [0.4, 0.5) is 0 Å². The van der Waals surface area contributed by atoms with Crippen LogP contribution in [0.25, 0.3) is 0 Å². The molecule has 2 aliphatic heterocycles. The molecule has 2 amide bonds. The summed E-state index contributed by atoms with van der Waals surface area (Å²) in [5.74, 6) is -0.0874. The minimum absolute atomic E-state index is 0.00841. The molecule has 0 saturated carbocycles. The number of nitrogens with zero attached hydrogens (tertiary/aromatic N) is 1. The Morgan fingerprint density at radius 1 is 1.26 bits per heavy atom. The SMILES string of the molecule is COCC(=O)N[C@H]1CC[C@H](CC(=O)N2CCCCC2)O[C@@H]1CO. The Morgan fingerprint density at radius 2 is 2.00 bits per heavy atom. The number of nitrogens with one attached hydrogen (secondary N) is 1. The molecule has 23 heavy (non-hydrogen) atoms. The fourth-order valence-electron chi connectivity index (χ4n) is 3.29. The van der Waals surface area contributed by atoms with E-state index in [-0.39, 0.29) is 37.2 Å². The highest BCUT2D eigenvalue weighted by Crippen LogP contribution is 2.23. The van der Waals surface area contributed by atoms with Crippen molar-refractivity contribution >= 4 is 11.8 Å². The van der Waals surface area contributed by atoms with Crippen molar-refractivity contribution in [2.24, 2.45) is 0 Å². The first-order valence-corrected chi connectivity index (χ1v) is 8.46. The van der Waals surface area contributed by atoms with Gasteiger partial charge in [-0.25, -0.2) is 0 Å². The van der Waals surface area contributed by atoms with Gasteiger partial charge in [-0.05, 0) is 32.1 Å². The summed E-state index contributed by atoms with van der Waals surface area (Å²) in [6.45, 7) is 1.49. The van der Waals surface area contributed by atoms with Crippen molar-refractivity contribution < 1.29 is 24.2 Å². The molecule has 2 saturated heterocycles. The average molecular weight is 328 g/mol. The van der Waals surface area contributed by atoms with Gasteiger partial charge in [0.1, 0.15) is 12.7 Å². The number of piperidine rings is 1. The van der Waals surface area contributed by atoms with Crippen LogP contribution in [0.15, 0.2) is 0 Å². The van der Waals surface area contributed by atoms with E-state index in [1.54, 1.807) is 0 Å². The summed E-state index contributed by atoms with van der Waals surface area (Å²) in [5.41, 5.74) is 0. The van der Waals surface area contributed by atoms with Crippen molar-refractivity contribution in [3.05, 3.63) is 0 Å². The highest BCUT2D eigenvalue weighted by Gasteiger charge is 2.33. The van der Waals surface area contributed by atoms with E-state index in [9.17, 15) is 14.7 Å². The van der Waals surface area contributed by atoms with Crippen LogP contribution in [-0.4, -0.2) is 73.5 Å². The van der Waals surface area contributed by atoms with E-state index in [4.69, 9.17) is 9.47 Å². The van der Waals surface area contributed by atoms with Crippen LogP contribution in [0.5, 0.6) is 0 Å². The quantitative estimate of drug-likeness (QED) is 0.720. The number of ether oxygens (including phenoxy) is 2. The van der Waals surface area contributed by atoms with Gasteiger partial charge in [0.2, 0.25) is 11.8 Å². The molecule has 7 nitrogen and oxygen atoms in total. The number of hydrogen-bond donors (Lipinski definition) is 2. The van der Waals surface area contributed by atoms with Crippen LogP contribution in [0, 0.1) is 0 Å². The molecule has 0 aromatic rings. The van der Waals surface area contributed by atoms with Crippen LogP contribution < -0.4 is 5.32 Å². The van der Waals surface area contributed by atoms with E-state index in [1.165, 1.54) is 13.5 Å². The smallest absolute Gasteiger partial charge is 0.246 e. The second kappa shape index (κ2) is 9.20. The van der Waals surface area contributed by atoms with Gasteiger partial charge in [0.05, 0.1) is 25.2 Å². The van der Waals surface area contributed by atoms with Crippen molar-refractivity contribution in [1.82, 2.24) is 10.2 Å². The largest absolute Gasteiger partial charge is 0.394 e. The molecule has 2 rings (SSSR count). The summed E-state index contributed by atoms with van der Waals surface area (Å²) >= 11 is 0. The number of carbonyl (C=O) groups excluding carboxylic acids is 2. The van der Waals surface area contributed by atoms with Crippen LogP contribution in [0.1, 0.15) is 38.5 Å². The summed E-state index contributed by atoms with van der Waals surface area (Å²) in [7, 11) is 1.46. The molecule has 0 aliphatic carbocycles. The van der Waals surface area contributed by atoms with Gasteiger partial charge in [-0.3, -0.25) is 9.59 Å². The minimum Gasteiger partial charge on any atom is -0.394 e. The third-order valence-corrected chi connectivity index (χ3v) is 4.53. The predicted octanol–water partition coefficient (Wildman–Crippen LogP) is 0.0601. The van der Waals surface area contributed by atoms with Gasteiger partial charge in [0.15, 0.2) is 0 Å². The van der Waals surface area contributed by atoms with Gasteiger partial charge in [0, 0.05) is 20.2 Å². The van der Waals surface area contributed by atoms with Crippen molar-refractivity contribution in [1.29, 1.82) is 0 Å². The number of rotatable bonds is 6. The fourth-order valence-corrected chi connectivity index (χ4v) is 3.29. The molecule has 0 aromatic heterocycles. The van der Waals surface area contributed by atoms with Gasteiger partial charge in [-0.1, -0.05) is 0 Å². The van der Waals surface area contributed by atoms with Gasteiger partial charge < -0.3 is 24.8 Å². The summed E-state index contributed by atoms with van der Waals surface area (Å²) in [6, 6.07) is -0.232. The number of aliphatic hydroxyl groups excluding tert-OH is 1. The van der Waals surface area contributed by atoms with E-state index in [0.717, 1.165) is 25.9 Å². The van der Waals surface area contributed by atoms with Crippen molar-refractivity contribution in [2.75, 3.05) is 33.4 Å². The molecule has 0 aromatic carbocycles. The Morgan fingerprint density at radius 3 is 2.65 bits per heavy atom. The second-order valence-electron chi connectivity index (χ2n) is 6.31. The normalized spacial score (nSPS) is 28.4. The Kier molecular flexibility index (Phi) is 7.26. The lowest BCUT2D eigenvalue weighted by atomic mass is 9.96. The minimum atomic E-state index is -0.469. The van der Waals surface area contributed by atoms with Crippen LogP contribution in [0.3, 0.4) is 0 Å². The monoisotopic (exact) mass is 328 g/mol. The van der Waals surface area contributed by atoms with E-state index < -0.39 is 6.10 Å². The zero-order valence-corrected chi connectivity index (χ0v) is 13.8. The Bertz CT molecular complexity index is 398. The lowest BCUT2D eigenvalue weighted by Crippen LogP contribution is -2.52. The van der Waals surface area contributed by atoms with Crippen LogP contribution in [0.2, 0.25) is 0 Å². The standard InChI is InChI=1S/C16H28N2O5/c1-22-11-15(20)17-13-6-5-12(23-14(13)10-19)9-16(21)18-7-3-2-4-8-18/h12-14,19H,2-11H2,1H3,(H,17,20)/t12-,13+,14-/m1/s1. The van der Waals surface area contributed by atoms with Gasteiger partial charge in [-0.2, -0.15) is 0 Å². The summed E-state index contributed by atoms with van der Waals surface area (Å²) < 4.78 is 10.6. The van der Waals surface area contributed by atoms with E-state index in [2.05, 4.69) is 5.32 Å². The topological polar surface area (TPSA) is 88.1 Å². The Labute approximate surface area is 137 Å². The maximum absolute atomic E-state index is 12.3. The molecule has 2 aliphatic rings. The van der Waals surface area contributed by atoms with Crippen molar-refractivity contribution in [3.8, 4) is 0 Å². The van der Waals surface area contributed by atoms with E-state index >= 15 is 0 Å². The molecule has 0 unspecified atom stereocenters. The summed E-state index contributed by atoms with van der Waals surface area (Å²) in [6.07, 6.45) is 4.44. The van der Waals surface area contributed by atoms with E-state index in [0.29, 0.717) is 19.3 Å². The lowest BCUT2D eigenvalue weighted by molar-refractivity contribution is -0.144. The fraction of sp³-hybridized carbons (Fsp3) is 0.875. The second-order valence-corrected chi connectivity index (χ2v) is 6.31. The van der Waals surface area contributed by atoms with Gasteiger partial charge in [-0.15, -0.1) is 0 Å². The maximum Gasteiger partial charge on any atom is 0.246 e. The zero-order valence-electron chi connectivity index (χ0n) is 13.8. The zero-order chi connectivity index (χ0) is 16.7. The molecule has 3 atom stereocenters. The van der Waals surface area contributed by atoms with Crippen LogP contribution in [-0.2, 0) is 19.1 Å². The predicted molar refractivity (Wildman–Crippen MR) is 83.8 cm³/mol. The highest BCUT2D eigenvalue weighted by molar-refractivity contribution is 5.78. The average Bonchev–Trinajstić information content (AvgIpc) is 2.57. The molecule has 0 bridgehead atoms. The summed E-state index contributed by atoms with van der Waals surface area (Å²) in [4.78, 5) is 25.8. The van der Waals surface area contributed by atoms with Crippen LogP contribution >= 0.6 is 0 Å². The number of methoxy groups -OCH3 is 1. The maximum atomic E-state index is 12.3. The lowest BCUT2D eigenvalue weighted by Gasteiger charge is -2.37. The highest BCUT2D eigenvalue weighted by atomic mass is 16.5. The van der Waals surface area contributed by atoms with Crippen molar-refractivity contribution in [3.63, 3.8) is 0 Å². The molecule has 2 N–H and O–H groups in total. The number of likely N-dealkylation sites (tertiary alicyclic amines) is 1. The third-order valence-electron chi connectivity index (χ3n) is 4.53. The Balaban J connectivity index is 1.80. The van der Waals surface area contributed by atoms with Gasteiger partial charge in [0.25, 0.3) is 0 Å².